The van der Waals surface area contributed by atoms with E-state index in [2.05, 4.69) is 0 Å². The van der Waals surface area contributed by atoms with Gasteiger partial charge in [-0.05, 0) is 35.4 Å². The Balaban J connectivity index is 2.23. The Morgan fingerprint density at radius 3 is 2.17 bits per heavy atom. The standard InChI is InChI=1S/C15H14Cl2O/c1-10(11-5-7-13(16)8-6-11)15(18)12-3-2-4-14(17)9-12/h2-10,15,18H,1H3. The Kier molecular flexibility index (Phi) is 4.28. The second-order valence-corrected chi connectivity index (χ2v) is 5.21. The number of rotatable bonds is 3. The second-order valence-electron chi connectivity index (χ2n) is 4.34. The first kappa shape index (κ1) is 13.4. The molecule has 0 saturated heterocycles. The number of benzene rings is 2. The molecule has 0 aromatic heterocycles. The van der Waals surface area contributed by atoms with E-state index in [-0.39, 0.29) is 5.92 Å². The molecule has 94 valence electrons. The summed E-state index contributed by atoms with van der Waals surface area (Å²) in [6.07, 6.45) is -0.579. The van der Waals surface area contributed by atoms with Gasteiger partial charge >= 0.3 is 0 Å². The molecule has 0 saturated carbocycles. The zero-order chi connectivity index (χ0) is 13.1. The molecular weight excluding hydrogens is 267 g/mol. The van der Waals surface area contributed by atoms with E-state index >= 15 is 0 Å². The molecule has 2 aromatic rings. The topological polar surface area (TPSA) is 20.2 Å². The lowest BCUT2D eigenvalue weighted by molar-refractivity contribution is 0.151. The van der Waals surface area contributed by atoms with Crippen LogP contribution < -0.4 is 0 Å². The molecule has 2 aromatic carbocycles. The van der Waals surface area contributed by atoms with E-state index in [0.717, 1.165) is 11.1 Å². The van der Waals surface area contributed by atoms with Gasteiger partial charge in [0.05, 0.1) is 6.10 Å². The highest BCUT2D eigenvalue weighted by atomic mass is 35.5. The van der Waals surface area contributed by atoms with Gasteiger partial charge in [-0.15, -0.1) is 0 Å². The van der Waals surface area contributed by atoms with Gasteiger partial charge in [-0.3, -0.25) is 0 Å². The molecule has 0 bridgehead atoms. The van der Waals surface area contributed by atoms with Gasteiger partial charge in [-0.1, -0.05) is 54.4 Å². The van der Waals surface area contributed by atoms with Crippen LogP contribution in [0.4, 0.5) is 0 Å². The summed E-state index contributed by atoms with van der Waals surface area (Å²) < 4.78 is 0. The van der Waals surface area contributed by atoms with Gasteiger partial charge in [-0.2, -0.15) is 0 Å². The summed E-state index contributed by atoms with van der Waals surface area (Å²) in [6.45, 7) is 1.98. The minimum Gasteiger partial charge on any atom is -0.388 e. The fraction of sp³-hybridized carbons (Fsp3) is 0.200. The van der Waals surface area contributed by atoms with Gasteiger partial charge < -0.3 is 5.11 Å². The number of aliphatic hydroxyl groups is 1. The largest absolute Gasteiger partial charge is 0.388 e. The van der Waals surface area contributed by atoms with Crippen LogP contribution in [-0.2, 0) is 0 Å². The van der Waals surface area contributed by atoms with Crippen molar-refractivity contribution >= 4 is 23.2 Å². The first-order valence-electron chi connectivity index (χ1n) is 5.77. The molecule has 2 rings (SSSR count). The third-order valence-corrected chi connectivity index (χ3v) is 3.55. The SMILES string of the molecule is CC(c1ccc(Cl)cc1)C(O)c1cccc(Cl)c1. The van der Waals surface area contributed by atoms with E-state index in [1.807, 2.05) is 43.3 Å². The van der Waals surface area contributed by atoms with Crippen LogP contribution in [0, 0.1) is 0 Å². The molecular formula is C15H14Cl2O. The second kappa shape index (κ2) is 5.75. The zero-order valence-corrected chi connectivity index (χ0v) is 11.5. The summed E-state index contributed by atoms with van der Waals surface area (Å²) in [5.41, 5.74) is 1.87. The number of hydrogen-bond acceptors (Lipinski definition) is 1. The molecule has 0 radical (unpaired) electrons. The Labute approximate surface area is 117 Å². The summed E-state index contributed by atoms with van der Waals surface area (Å²) in [7, 11) is 0. The number of aliphatic hydroxyl groups excluding tert-OH is 1. The lowest BCUT2D eigenvalue weighted by Gasteiger charge is -2.20. The maximum Gasteiger partial charge on any atom is 0.0856 e. The summed E-state index contributed by atoms with van der Waals surface area (Å²) >= 11 is 11.8. The highest BCUT2D eigenvalue weighted by Crippen LogP contribution is 2.31. The first-order valence-corrected chi connectivity index (χ1v) is 6.52. The summed E-state index contributed by atoms with van der Waals surface area (Å²) in [4.78, 5) is 0. The zero-order valence-electron chi connectivity index (χ0n) is 9.98. The molecule has 0 aliphatic carbocycles. The van der Waals surface area contributed by atoms with Crippen LogP contribution in [-0.4, -0.2) is 5.11 Å². The highest BCUT2D eigenvalue weighted by Gasteiger charge is 2.18. The smallest absolute Gasteiger partial charge is 0.0856 e. The highest BCUT2D eigenvalue weighted by molar-refractivity contribution is 6.30. The third kappa shape index (κ3) is 3.05. The number of hydrogen-bond donors (Lipinski definition) is 1. The van der Waals surface area contributed by atoms with Crippen molar-refractivity contribution in [3.8, 4) is 0 Å². The van der Waals surface area contributed by atoms with Gasteiger partial charge in [0, 0.05) is 16.0 Å². The minimum absolute atomic E-state index is 0.0132. The summed E-state index contributed by atoms with van der Waals surface area (Å²) in [5, 5.41) is 11.7. The van der Waals surface area contributed by atoms with Gasteiger partial charge in [0.2, 0.25) is 0 Å². The molecule has 2 unspecified atom stereocenters. The first-order chi connectivity index (χ1) is 8.58. The third-order valence-electron chi connectivity index (χ3n) is 3.06. The van der Waals surface area contributed by atoms with Crippen molar-refractivity contribution in [3.63, 3.8) is 0 Å². The molecule has 0 amide bonds. The van der Waals surface area contributed by atoms with Crippen LogP contribution in [0.3, 0.4) is 0 Å². The minimum atomic E-state index is -0.579. The monoisotopic (exact) mass is 280 g/mol. The number of halogens is 2. The van der Waals surface area contributed by atoms with Crippen LogP contribution in [0.25, 0.3) is 0 Å². The van der Waals surface area contributed by atoms with Crippen molar-refractivity contribution in [1.82, 2.24) is 0 Å². The van der Waals surface area contributed by atoms with Crippen molar-refractivity contribution < 1.29 is 5.11 Å². The van der Waals surface area contributed by atoms with E-state index in [1.165, 1.54) is 0 Å². The molecule has 2 atom stereocenters. The van der Waals surface area contributed by atoms with Crippen LogP contribution in [0.15, 0.2) is 48.5 Å². The van der Waals surface area contributed by atoms with Crippen LogP contribution >= 0.6 is 23.2 Å². The Bertz CT molecular complexity index is 522. The lowest BCUT2D eigenvalue weighted by atomic mass is 9.91. The van der Waals surface area contributed by atoms with E-state index in [1.54, 1.807) is 12.1 Å². The van der Waals surface area contributed by atoms with Crippen molar-refractivity contribution in [2.24, 2.45) is 0 Å². The Morgan fingerprint density at radius 2 is 1.56 bits per heavy atom. The summed E-state index contributed by atoms with van der Waals surface area (Å²) in [6, 6.07) is 14.8. The molecule has 3 heteroatoms. The normalized spacial score (nSPS) is 14.2. The van der Waals surface area contributed by atoms with Crippen molar-refractivity contribution in [3.05, 3.63) is 69.7 Å². The molecule has 1 N–H and O–H groups in total. The average molecular weight is 281 g/mol. The van der Waals surface area contributed by atoms with Gasteiger partial charge in [-0.25, -0.2) is 0 Å². The van der Waals surface area contributed by atoms with Gasteiger partial charge in [0.25, 0.3) is 0 Å². The van der Waals surface area contributed by atoms with E-state index in [9.17, 15) is 5.11 Å². The molecule has 0 heterocycles. The van der Waals surface area contributed by atoms with E-state index in [0.29, 0.717) is 10.0 Å². The Hall–Kier alpha value is -1.02. The predicted octanol–water partition coefficient (Wildman–Crippen LogP) is 4.83. The van der Waals surface area contributed by atoms with Crippen LogP contribution in [0.2, 0.25) is 10.0 Å². The molecule has 0 aliphatic rings. The molecule has 0 fully saturated rings. The van der Waals surface area contributed by atoms with Crippen molar-refractivity contribution in [2.45, 2.75) is 18.9 Å². The molecule has 18 heavy (non-hydrogen) atoms. The van der Waals surface area contributed by atoms with Crippen molar-refractivity contribution in [2.75, 3.05) is 0 Å². The molecule has 1 nitrogen and oxygen atoms in total. The molecule has 0 spiro atoms. The Morgan fingerprint density at radius 1 is 0.889 bits per heavy atom. The van der Waals surface area contributed by atoms with Crippen LogP contribution in [0.5, 0.6) is 0 Å². The lowest BCUT2D eigenvalue weighted by Crippen LogP contribution is -2.07. The molecule has 0 aliphatic heterocycles. The predicted molar refractivity (Wildman–Crippen MR) is 76.3 cm³/mol. The maximum atomic E-state index is 10.3. The van der Waals surface area contributed by atoms with Crippen molar-refractivity contribution in [1.29, 1.82) is 0 Å². The fourth-order valence-electron chi connectivity index (χ4n) is 1.93. The van der Waals surface area contributed by atoms with Gasteiger partial charge in [0.1, 0.15) is 0 Å². The van der Waals surface area contributed by atoms with E-state index < -0.39 is 6.10 Å². The average Bonchev–Trinajstić information content (AvgIpc) is 2.38. The quantitative estimate of drug-likeness (QED) is 0.854. The van der Waals surface area contributed by atoms with Gasteiger partial charge in [0.15, 0.2) is 0 Å². The fourth-order valence-corrected chi connectivity index (χ4v) is 2.25. The maximum absolute atomic E-state index is 10.3. The van der Waals surface area contributed by atoms with Crippen LogP contribution in [0.1, 0.15) is 30.1 Å². The van der Waals surface area contributed by atoms with E-state index in [4.69, 9.17) is 23.2 Å². The summed E-state index contributed by atoms with van der Waals surface area (Å²) in [5.74, 6) is -0.0132.